The molecular formula is C22H24BrFN2O2. The van der Waals surface area contributed by atoms with Crippen molar-refractivity contribution in [1.29, 1.82) is 0 Å². The summed E-state index contributed by atoms with van der Waals surface area (Å²) in [5, 5.41) is 0. The first kappa shape index (κ1) is 20.6. The van der Waals surface area contributed by atoms with E-state index in [1.165, 1.54) is 25.3 Å². The van der Waals surface area contributed by atoms with Crippen LogP contribution in [0.4, 0.5) is 10.1 Å². The first-order valence-electron chi connectivity index (χ1n) is 9.27. The zero-order valence-electron chi connectivity index (χ0n) is 16.1. The van der Waals surface area contributed by atoms with Crippen LogP contribution in [0.25, 0.3) is 6.08 Å². The van der Waals surface area contributed by atoms with E-state index in [4.69, 9.17) is 4.74 Å². The number of benzene rings is 2. The van der Waals surface area contributed by atoms with E-state index in [1.807, 2.05) is 18.2 Å². The molecule has 0 radical (unpaired) electrons. The predicted octanol–water partition coefficient (Wildman–Crippen LogP) is 4.63. The predicted molar refractivity (Wildman–Crippen MR) is 115 cm³/mol. The van der Waals surface area contributed by atoms with Crippen LogP contribution in [0.2, 0.25) is 0 Å². The van der Waals surface area contributed by atoms with Crippen molar-refractivity contribution in [1.82, 2.24) is 4.90 Å². The van der Waals surface area contributed by atoms with Crippen LogP contribution in [-0.2, 0) is 0 Å². The van der Waals surface area contributed by atoms with E-state index in [-0.39, 0.29) is 5.78 Å². The van der Waals surface area contributed by atoms with Crippen molar-refractivity contribution in [3.63, 3.8) is 0 Å². The van der Waals surface area contributed by atoms with Crippen LogP contribution in [0.3, 0.4) is 0 Å². The van der Waals surface area contributed by atoms with Gasteiger partial charge in [-0.3, -0.25) is 4.79 Å². The molecule has 2 aromatic rings. The van der Waals surface area contributed by atoms with Crippen LogP contribution in [0.5, 0.6) is 5.75 Å². The number of nitrogens with zero attached hydrogens (tertiary/aromatic N) is 2. The number of anilines is 1. The zero-order valence-corrected chi connectivity index (χ0v) is 17.7. The van der Waals surface area contributed by atoms with Crippen LogP contribution in [-0.4, -0.2) is 51.0 Å². The number of carbonyl (C=O) groups excluding carboxylic acids is 1. The van der Waals surface area contributed by atoms with Crippen molar-refractivity contribution >= 4 is 33.5 Å². The smallest absolute Gasteiger partial charge is 0.187 e. The second-order valence-electron chi connectivity index (χ2n) is 6.89. The van der Waals surface area contributed by atoms with Crippen molar-refractivity contribution in [2.75, 3.05) is 45.2 Å². The minimum absolute atomic E-state index is 0.149. The molecule has 1 fully saturated rings. The number of ketones is 1. The summed E-state index contributed by atoms with van der Waals surface area (Å²) in [6.07, 6.45) is 3.99. The van der Waals surface area contributed by atoms with Gasteiger partial charge in [0, 0.05) is 47.0 Å². The second kappa shape index (κ2) is 9.34. The Bertz CT molecular complexity index is 885. The molecule has 0 spiro atoms. The molecule has 0 unspecified atom stereocenters. The molecule has 0 aromatic heterocycles. The molecule has 148 valence electrons. The Morgan fingerprint density at radius 1 is 1.14 bits per heavy atom. The topological polar surface area (TPSA) is 32.8 Å². The molecule has 1 aliphatic rings. The van der Waals surface area contributed by atoms with E-state index < -0.39 is 5.82 Å². The third-order valence-electron chi connectivity index (χ3n) is 4.91. The van der Waals surface area contributed by atoms with Crippen molar-refractivity contribution in [2.45, 2.75) is 6.42 Å². The third-order valence-corrected chi connectivity index (χ3v) is 5.40. The average Bonchev–Trinajstić information content (AvgIpc) is 2.91. The number of likely N-dealkylation sites (N-methyl/N-ethyl adjacent to an activating group) is 1. The quantitative estimate of drug-likeness (QED) is 0.494. The number of hydrogen-bond acceptors (Lipinski definition) is 4. The van der Waals surface area contributed by atoms with E-state index in [9.17, 15) is 9.18 Å². The van der Waals surface area contributed by atoms with Gasteiger partial charge in [-0.15, -0.1) is 0 Å². The van der Waals surface area contributed by atoms with E-state index in [2.05, 4.69) is 32.8 Å². The second-order valence-corrected chi connectivity index (χ2v) is 7.81. The number of halogens is 2. The fourth-order valence-corrected chi connectivity index (χ4v) is 3.66. The molecule has 1 heterocycles. The maximum absolute atomic E-state index is 14.1. The third kappa shape index (κ3) is 5.00. The molecule has 1 aliphatic heterocycles. The Morgan fingerprint density at radius 2 is 1.96 bits per heavy atom. The normalized spacial score (nSPS) is 15.6. The SMILES string of the molecule is COc1ccc(/C=C/C(=O)c2cc(Br)ccc2N2CCCN(C)CC2)c(F)c1. The largest absolute Gasteiger partial charge is 0.497 e. The molecule has 0 amide bonds. The molecule has 0 bridgehead atoms. The minimum atomic E-state index is -0.423. The maximum atomic E-state index is 14.1. The summed E-state index contributed by atoms with van der Waals surface area (Å²) in [5.41, 5.74) is 1.88. The monoisotopic (exact) mass is 446 g/mol. The summed E-state index contributed by atoms with van der Waals surface area (Å²) in [6, 6.07) is 10.3. The molecule has 28 heavy (non-hydrogen) atoms. The van der Waals surface area contributed by atoms with Gasteiger partial charge in [0.1, 0.15) is 11.6 Å². The van der Waals surface area contributed by atoms with E-state index >= 15 is 0 Å². The molecular weight excluding hydrogens is 423 g/mol. The Balaban J connectivity index is 1.86. The van der Waals surface area contributed by atoms with Crippen LogP contribution in [0.1, 0.15) is 22.3 Å². The molecule has 0 atom stereocenters. The van der Waals surface area contributed by atoms with E-state index in [0.29, 0.717) is 16.9 Å². The highest BCUT2D eigenvalue weighted by molar-refractivity contribution is 9.10. The van der Waals surface area contributed by atoms with Gasteiger partial charge in [-0.05, 0) is 62.5 Å². The molecule has 0 saturated carbocycles. The molecule has 0 aliphatic carbocycles. The summed E-state index contributed by atoms with van der Waals surface area (Å²) in [5.74, 6) is -0.126. The molecule has 2 aromatic carbocycles. The number of hydrogen-bond donors (Lipinski definition) is 0. The average molecular weight is 447 g/mol. The molecule has 4 nitrogen and oxygen atoms in total. The van der Waals surface area contributed by atoms with Gasteiger partial charge in [-0.25, -0.2) is 4.39 Å². The van der Waals surface area contributed by atoms with Crippen molar-refractivity contribution < 1.29 is 13.9 Å². The van der Waals surface area contributed by atoms with Gasteiger partial charge in [-0.1, -0.05) is 15.9 Å². The number of rotatable bonds is 5. The van der Waals surface area contributed by atoms with E-state index in [0.717, 1.165) is 42.8 Å². The first-order chi connectivity index (χ1) is 13.5. The van der Waals surface area contributed by atoms with Crippen LogP contribution in [0.15, 0.2) is 46.9 Å². The molecule has 6 heteroatoms. The lowest BCUT2D eigenvalue weighted by Crippen LogP contribution is -2.29. The van der Waals surface area contributed by atoms with E-state index in [1.54, 1.807) is 12.1 Å². The summed E-state index contributed by atoms with van der Waals surface area (Å²) in [4.78, 5) is 17.5. The van der Waals surface area contributed by atoms with Crippen molar-refractivity contribution in [3.05, 3.63) is 63.9 Å². The minimum Gasteiger partial charge on any atom is -0.497 e. The van der Waals surface area contributed by atoms with Crippen LogP contribution in [0, 0.1) is 5.82 Å². The lowest BCUT2D eigenvalue weighted by atomic mass is 10.1. The molecule has 0 N–H and O–H groups in total. The van der Waals surface area contributed by atoms with Gasteiger partial charge in [0.15, 0.2) is 5.78 Å². The fraction of sp³-hybridized carbons (Fsp3) is 0.318. The number of allylic oxidation sites excluding steroid dienone is 1. The number of ether oxygens (including phenoxy) is 1. The fourth-order valence-electron chi connectivity index (χ4n) is 3.29. The highest BCUT2D eigenvalue weighted by Crippen LogP contribution is 2.27. The highest BCUT2D eigenvalue weighted by Gasteiger charge is 2.18. The van der Waals surface area contributed by atoms with Gasteiger partial charge in [-0.2, -0.15) is 0 Å². The van der Waals surface area contributed by atoms with Crippen LogP contribution < -0.4 is 9.64 Å². The molecule has 3 rings (SSSR count). The van der Waals surface area contributed by atoms with Gasteiger partial charge in [0.2, 0.25) is 0 Å². The number of carbonyl (C=O) groups is 1. The van der Waals surface area contributed by atoms with Crippen molar-refractivity contribution in [3.8, 4) is 5.75 Å². The lowest BCUT2D eigenvalue weighted by molar-refractivity contribution is 0.104. The standard InChI is InChI=1S/C22H24BrFN2O2/c1-25-10-3-11-26(13-12-25)21-8-6-17(23)14-19(21)22(27)9-5-16-4-7-18(28-2)15-20(16)24/h4-9,14-15H,3,10-13H2,1-2H3/b9-5+. The van der Waals surface area contributed by atoms with Gasteiger partial charge in [0.05, 0.1) is 7.11 Å². The van der Waals surface area contributed by atoms with Crippen molar-refractivity contribution in [2.24, 2.45) is 0 Å². The Morgan fingerprint density at radius 3 is 2.71 bits per heavy atom. The van der Waals surface area contributed by atoms with Gasteiger partial charge < -0.3 is 14.5 Å². The highest BCUT2D eigenvalue weighted by atomic mass is 79.9. The summed E-state index contributed by atoms with van der Waals surface area (Å²) in [6.45, 7) is 3.78. The Kier molecular flexibility index (Phi) is 6.86. The number of methoxy groups -OCH3 is 1. The van der Waals surface area contributed by atoms with Crippen LogP contribution >= 0.6 is 15.9 Å². The zero-order chi connectivity index (χ0) is 20.1. The maximum Gasteiger partial charge on any atom is 0.187 e. The summed E-state index contributed by atoms with van der Waals surface area (Å²) in [7, 11) is 3.60. The Hall–Kier alpha value is -2.18. The van der Waals surface area contributed by atoms with Gasteiger partial charge in [0.25, 0.3) is 0 Å². The molecule has 1 saturated heterocycles. The summed E-state index contributed by atoms with van der Waals surface area (Å²) >= 11 is 3.46. The first-order valence-corrected chi connectivity index (χ1v) is 10.1. The summed E-state index contributed by atoms with van der Waals surface area (Å²) < 4.78 is 20.0. The van der Waals surface area contributed by atoms with Gasteiger partial charge >= 0.3 is 0 Å². The Labute approximate surface area is 173 Å². The lowest BCUT2D eigenvalue weighted by Gasteiger charge is -2.25.